The number of rotatable bonds is 5. The normalized spacial score (nSPS) is 19.0. The SMILES string of the molecule is COc1cc2c(cc1OC)CN([C@H]1CC(=O)N(c3cccc([N+](=O)[O-])c3)C1=O)CC2. The van der Waals surface area contributed by atoms with Gasteiger partial charge in [-0.05, 0) is 35.7 Å². The number of nitro groups is 1. The molecule has 1 saturated heterocycles. The number of hydrogen-bond acceptors (Lipinski definition) is 7. The van der Waals surface area contributed by atoms with Crippen LogP contribution in [-0.2, 0) is 22.6 Å². The number of imide groups is 1. The number of ether oxygens (including phenoxy) is 2. The Kier molecular flexibility index (Phi) is 5.13. The van der Waals surface area contributed by atoms with Gasteiger partial charge >= 0.3 is 0 Å². The number of nitrogens with zero attached hydrogens (tertiary/aromatic N) is 3. The van der Waals surface area contributed by atoms with E-state index in [2.05, 4.69) is 0 Å². The Labute approximate surface area is 172 Å². The van der Waals surface area contributed by atoms with E-state index in [9.17, 15) is 19.7 Å². The molecule has 1 atom stereocenters. The number of fused-ring (bicyclic) bond motifs is 1. The molecule has 0 radical (unpaired) electrons. The van der Waals surface area contributed by atoms with Crippen molar-refractivity contribution in [1.82, 2.24) is 4.90 Å². The number of hydrogen-bond donors (Lipinski definition) is 0. The van der Waals surface area contributed by atoms with Gasteiger partial charge in [-0.25, -0.2) is 4.90 Å². The fourth-order valence-corrected chi connectivity index (χ4v) is 4.09. The number of nitro benzene ring substituents is 1. The van der Waals surface area contributed by atoms with Crippen LogP contribution in [0.4, 0.5) is 11.4 Å². The number of benzene rings is 2. The molecule has 2 aliphatic heterocycles. The summed E-state index contributed by atoms with van der Waals surface area (Å²) in [5.74, 6) is 0.562. The van der Waals surface area contributed by atoms with E-state index in [1.807, 2.05) is 17.0 Å². The predicted octanol–water partition coefficient (Wildman–Crippen LogP) is 2.30. The summed E-state index contributed by atoms with van der Waals surface area (Å²) in [6, 6.07) is 8.84. The summed E-state index contributed by atoms with van der Waals surface area (Å²) in [5.41, 5.74) is 2.21. The van der Waals surface area contributed by atoms with E-state index in [0.717, 1.165) is 16.0 Å². The first-order chi connectivity index (χ1) is 14.4. The smallest absolute Gasteiger partial charge is 0.271 e. The monoisotopic (exact) mass is 411 g/mol. The van der Waals surface area contributed by atoms with Crippen LogP contribution >= 0.6 is 0 Å². The Hall–Kier alpha value is -3.46. The molecule has 0 unspecified atom stereocenters. The lowest BCUT2D eigenvalue weighted by Gasteiger charge is -2.32. The first kappa shape index (κ1) is 19.8. The summed E-state index contributed by atoms with van der Waals surface area (Å²) in [6.45, 7) is 1.12. The number of non-ortho nitro benzene ring substituents is 1. The molecular weight excluding hydrogens is 390 g/mol. The van der Waals surface area contributed by atoms with Crippen LogP contribution in [-0.4, -0.2) is 48.4 Å². The van der Waals surface area contributed by atoms with Gasteiger partial charge in [-0.3, -0.25) is 24.6 Å². The van der Waals surface area contributed by atoms with Gasteiger partial charge in [0.15, 0.2) is 11.5 Å². The molecule has 1 fully saturated rings. The molecule has 2 heterocycles. The van der Waals surface area contributed by atoms with Crippen LogP contribution in [0.1, 0.15) is 17.5 Å². The molecule has 0 N–H and O–H groups in total. The first-order valence-electron chi connectivity index (χ1n) is 9.52. The van der Waals surface area contributed by atoms with Crippen molar-refractivity contribution < 1.29 is 24.0 Å². The van der Waals surface area contributed by atoms with Crippen molar-refractivity contribution in [3.63, 3.8) is 0 Å². The highest BCUT2D eigenvalue weighted by Crippen LogP contribution is 2.35. The van der Waals surface area contributed by atoms with Crippen LogP contribution in [0.3, 0.4) is 0 Å². The first-order valence-corrected chi connectivity index (χ1v) is 9.52. The number of carbonyl (C=O) groups is 2. The molecule has 2 aromatic carbocycles. The van der Waals surface area contributed by atoms with E-state index in [4.69, 9.17) is 9.47 Å². The van der Waals surface area contributed by atoms with Gasteiger partial charge in [-0.2, -0.15) is 0 Å². The van der Waals surface area contributed by atoms with Crippen LogP contribution in [0.5, 0.6) is 11.5 Å². The highest BCUT2D eigenvalue weighted by atomic mass is 16.6. The van der Waals surface area contributed by atoms with Crippen LogP contribution in [0.25, 0.3) is 0 Å². The van der Waals surface area contributed by atoms with Crippen LogP contribution in [0, 0.1) is 10.1 Å². The molecule has 0 bridgehead atoms. The molecule has 2 amide bonds. The molecular formula is C21H21N3O6. The standard InChI is InChI=1S/C21H21N3O6/c1-29-18-8-13-6-7-22(12-14(13)9-19(18)30-2)17-11-20(25)23(21(17)26)15-4-3-5-16(10-15)24(27)28/h3-5,8-10,17H,6-7,11-12H2,1-2H3/t17-/m0/s1. The second kappa shape index (κ2) is 7.75. The zero-order chi connectivity index (χ0) is 21.4. The van der Waals surface area contributed by atoms with Crippen molar-refractivity contribution in [3.05, 3.63) is 57.6 Å². The number of methoxy groups -OCH3 is 2. The summed E-state index contributed by atoms with van der Waals surface area (Å²) in [7, 11) is 3.16. The second-order valence-electron chi connectivity index (χ2n) is 7.26. The molecule has 0 spiro atoms. The van der Waals surface area contributed by atoms with Crippen molar-refractivity contribution in [2.45, 2.75) is 25.4 Å². The lowest BCUT2D eigenvalue weighted by atomic mass is 9.97. The highest BCUT2D eigenvalue weighted by Gasteiger charge is 2.43. The van der Waals surface area contributed by atoms with E-state index >= 15 is 0 Å². The molecule has 0 saturated carbocycles. The van der Waals surface area contributed by atoms with Gasteiger partial charge in [0, 0.05) is 25.2 Å². The maximum Gasteiger partial charge on any atom is 0.271 e. The molecule has 4 rings (SSSR count). The summed E-state index contributed by atoms with van der Waals surface area (Å²) >= 11 is 0. The summed E-state index contributed by atoms with van der Waals surface area (Å²) in [5, 5.41) is 11.0. The maximum absolute atomic E-state index is 13.1. The molecule has 156 valence electrons. The average molecular weight is 411 g/mol. The summed E-state index contributed by atoms with van der Waals surface area (Å²) in [6.07, 6.45) is 0.759. The third kappa shape index (κ3) is 3.37. The minimum Gasteiger partial charge on any atom is -0.493 e. The minimum atomic E-state index is -0.599. The molecule has 2 aliphatic rings. The Morgan fingerprint density at radius 2 is 1.77 bits per heavy atom. The average Bonchev–Trinajstić information content (AvgIpc) is 3.06. The van der Waals surface area contributed by atoms with Gasteiger partial charge in [0.1, 0.15) is 0 Å². The number of anilines is 1. The quantitative estimate of drug-likeness (QED) is 0.423. The Morgan fingerprint density at radius 1 is 1.07 bits per heavy atom. The largest absolute Gasteiger partial charge is 0.493 e. The van der Waals surface area contributed by atoms with Crippen LogP contribution in [0.2, 0.25) is 0 Å². The number of carbonyl (C=O) groups excluding carboxylic acids is 2. The Morgan fingerprint density at radius 3 is 2.43 bits per heavy atom. The molecule has 0 aromatic heterocycles. The summed E-state index contributed by atoms with van der Waals surface area (Å²) < 4.78 is 10.7. The predicted molar refractivity (Wildman–Crippen MR) is 108 cm³/mol. The molecule has 9 heteroatoms. The van der Waals surface area contributed by atoms with Crippen molar-refractivity contribution in [3.8, 4) is 11.5 Å². The summed E-state index contributed by atoms with van der Waals surface area (Å²) in [4.78, 5) is 39.2. The van der Waals surface area contributed by atoms with Gasteiger partial charge in [-0.1, -0.05) is 6.07 Å². The van der Waals surface area contributed by atoms with Gasteiger partial charge < -0.3 is 9.47 Å². The third-order valence-corrected chi connectivity index (χ3v) is 5.61. The fourth-order valence-electron chi connectivity index (χ4n) is 4.09. The Balaban J connectivity index is 1.58. The van der Waals surface area contributed by atoms with Crippen molar-refractivity contribution in [1.29, 1.82) is 0 Å². The van der Waals surface area contributed by atoms with E-state index in [1.54, 1.807) is 14.2 Å². The molecule has 30 heavy (non-hydrogen) atoms. The third-order valence-electron chi connectivity index (χ3n) is 5.61. The lowest BCUT2D eigenvalue weighted by Crippen LogP contribution is -2.44. The van der Waals surface area contributed by atoms with Gasteiger partial charge in [0.2, 0.25) is 5.91 Å². The molecule has 9 nitrogen and oxygen atoms in total. The zero-order valence-corrected chi connectivity index (χ0v) is 16.7. The van der Waals surface area contributed by atoms with E-state index in [-0.39, 0.29) is 29.6 Å². The van der Waals surface area contributed by atoms with Crippen molar-refractivity contribution >= 4 is 23.2 Å². The fraction of sp³-hybridized carbons (Fsp3) is 0.333. The van der Waals surface area contributed by atoms with E-state index in [1.165, 1.54) is 24.3 Å². The topological polar surface area (TPSA) is 102 Å². The van der Waals surface area contributed by atoms with Crippen LogP contribution < -0.4 is 14.4 Å². The van der Waals surface area contributed by atoms with Gasteiger partial charge in [-0.15, -0.1) is 0 Å². The van der Waals surface area contributed by atoms with Gasteiger partial charge in [0.25, 0.3) is 11.6 Å². The van der Waals surface area contributed by atoms with Crippen molar-refractivity contribution in [2.75, 3.05) is 25.7 Å². The zero-order valence-electron chi connectivity index (χ0n) is 16.7. The molecule has 0 aliphatic carbocycles. The maximum atomic E-state index is 13.1. The minimum absolute atomic E-state index is 0.0458. The lowest BCUT2D eigenvalue weighted by molar-refractivity contribution is -0.384. The molecule has 2 aromatic rings. The number of amides is 2. The van der Waals surface area contributed by atoms with Crippen LogP contribution in [0.15, 0.2) is 36.4 Å². The van der Waals surface area contributed by atoms with E-state index < -0.39 is 11.0 Å². The van der Waals surface area contributed by atoms with Gasteiger partial charge in [0.05, 0.1) is 37.3 Å². The Bertz CT molecular complexity index is 1040. The van der Waals surface area contributed by atoms with Crippen molar-refractivity contribution in [2.24, 2.45) is 0 Å². The second-order valence-corrected chi connectivity index (χ2v) is 7.26. The van der Waals surface area contributed by atoms with E-state index in [0.29, 0.717) is 31.0 Å². The highest BCUT2D eigenvalue weighted by molar-refractivity contribution is 6.22.